The van der Waals surface area contributed by atoms with Crippen LogP contribution < -0.4 is 14.8 Å². The van der Waals surface area contributed by atoms with Crippen molar-refractivity contribution in [1.82, 2.24) is 5.32 Å². The summed E-state index contributed by atoms with van der Waals surface area (Å²) in [6, 6.07) is 14.5. The van der Waals surface area contributed by atoms with Gasteiger partial charge in [-0.3, -0.25) is 0 Å². The van der Waals surface area contributed by atoms with E-state index in [-0.39, 0.29) is 6.04 Å². The quantitative estimate of drug-likeness (QED) is 0.842. The normalized spacial score (nSPS) is 12.0. The van der Waals surface area contributed by atoms with Crippen LogP contribution in [0.2, 0.25) is 0 Å². The van der Waals surface area contributed by atoms with Crippen molar-refractivity contribution in [2.24, 2.45) is 0 Å². The Morgan fingerprint density at radius 2 is 1.71 bits per heavy atom. The molecule has 0 saturated heterocycles. The summed E-state index contributed by atoms with van der Waals surface area (Å²) in [7, 11) is 3.33. The van der Waals surface area contributed by atoms with Crippen LogP contribution >= 0.6 is 15.9 Å². The van der Waals surface area contributed by atoms with Crippen LogP contribution in [0.15, 0.2) is 46.9 Å². The molecule has 1 N–H and O–H groups in total. The molecule has 2 rings (SSSR count). The van der Waals surface area contributed by atoms with Gasteiger partial charge in [0.2, 0.25) is 0 Å². The van der Waals surface area contributed by atoms with Gasteiger partial charge in [0.05, 0.1) is 14.2 Å². The molecule has 112 valence electrons. The van der Waals surface area contributed by atoms with Gasteiger partial charge in [0.25, 0.3) is 0 Å². The smallest absolute Gasteiger partial charge is 0.122 e. The van der Waals surface area contributed by atoms with E-state index in [9.17, 15) is 0 Å². The lowest BCUT2D eigenvalue weighted by Crippen LogP contribution is -2.18. The van der Waals surface area contributed by atoms with Crippen LogP contribution in [0.5, 0.6) is 11.5 Å². The van der Waals surface area contributed by atoms with Crippen molar-refractivity contribution in [3.63, 3.8) is 0 Å². The van der Waals surface area contributed by atoms with Crippen LogP contribution in [-0.4, -0.2) is 14.2 Å². The summed E-state index contributed by atoms with van der Waals surface area (Å²) in [5.41, 5.74) is 2.38. The van der Waals surface area contributed by atoms with Crippen LogP contribution in [0.3, 0.4) is 0 Å². The number of methoxy groups -OCH3 is 2. The maximum atomic E-state index is 5.29. The molecule has 0 amide bonds. The maximum Gasteiger partial charge on any atom is 0.122 e. The van der Waals surface area contributed by atoms with Gasteiger partial charge in [-0.15, -0.1) is 0 Å². The van der Waals surface area contributed by atoms with E-state index in [0.717, 1.165) is 28.1 Å². The summed E-state index contributed by atoms with van der Waals surface area (Å²) in [6.45, 7) is 2.90. The zero-order chi connectivity index (χ0) is 15.2. The summed E-state index contributed by atoms with van der Waals surface area (Å²) < 4.78 is 11.7. The van der Waals surface area contributed by atoms with Crippen LogP contribution in [0.4, 0.5) is 0 Å². The lowest BCUT2D eigenvalue weighted by Gasteiger charge is -2.15. The number of ether oxygens (including phenoxy) is 2. The Kier molecular flexibility index (Phi) is 5.65. The molecule has 3 nitrogen and oxygen atoms in total. The molecule has 0 radical (unpaired) electrons. The summed E-state index contributed by atoms with van der Waals surface area (Å²) in [5.74, 6) is 1.61. The molecule has 0 fully saturated rings. The minimum atomic E-state index is 0.264. The Labute approximate surface area is 134 Å². The van der Waals surface area contributed by atoms with E-state index in [1.165, 1.54) is 5.56 Å². The standard InChI is InChI=1S/C17H20BrNO2/c1-12(14-5-4-6-15(18)9-14)19-11-13-7-16(20-2)10-17(8-13)21-3/h4-10,12,19H,11H2,1-3H3/t12-/m0/s1. The van der Waals surface area contributed by atoms with Crippen molar-refractivity contribution in [3.05, 3.63) is 58.1 Å². The third-order valence-electron chi connectivity index (χ3n) is 3.37. The van der Waals surface area contributed by atoms with Crippen LogP contribution in [0.1, 0.15) is 24.1 Å². The number of hydrogen-bond donors (Lipinski definition) is 1. The van der Waals surface area contributed by atoms with Crippen molar-refractivity contribution < 1.29 is 9.47 Å². The molecule has 0 unspecified atom stereocenters. The van der Waals surface area contributed by atoms with Gasteiger partial charge in [0.1, 0.15) is 11.5 Å². The van der Waals surface area contributed by atoms with Gasteiger partial charge >= 0.3 is 0 Å². The van der Waals surface area contributed by atoms with Gasteiger partial charge in [-0.05, 0) is 42.3 Å². The number of rotatable bonds is 6. The fraction of sp³-hybridized carbons (Fsp3) is 0.294. The first-order chi connectivity index (χ1) is 10.1. The summed E-state index contributed by atoms with van der Waals surface area (Å²) in [4.78, 5) is 0. The van der Waals surface area contributed by atoms with Crippen LogP contribution in [0, 0.1) is 0 Å². The predicted octanol–water partition coefficient (Wildman–Crippen LogP) is 4.32. The third-order valence-corrected chi connectivity index (χ3v) is 3.87. The van der Waals surface area contributed by atoms with Crippen LogP contribution in [-0.2, 0) is 6.54 Å². The zero-order valence-electron chi connectivity index (χ0n) is 12.5. The first-order valence-electron chi connectivity index (χ1n) is 6.83. The molecule has 0 spiro atoms. The highest BCUT2D eigenvalue weighted by Crippen LogP contribution is 2.23. The molecule has 1 atom stereocenters. The van der Waals surface area contributed by atoms with Gasteiger partial charge < -0.3 is 14.8 Å². The molecule has 0 heterocycles. The molecule has 0 aliphatic rings. The Morgan fingerprint density at radius 3 is 2.29 bits per heavy atom. The van der Waals surface area contributed by atoms with Gasteiger partial charge in [-0.1, -0.05) is 28.1 Å². The molecular formula is C17H20BrNO2. The Balaban J connectivity index is 2.05. The lowest BCUT2D eigenvalue weighted by atomic mass is 10.1. The largest absolute Gasteiger partial charge is 0.497 e. The second kappa shape index (κ2) is 7.48. The maximum absolute atomic E-state index is 5.29. The van der Waals surface area contributed by atoms with Crippen molar-refractivity contribution in [2.45, 2.75) is 19.5 Å². The van der Waals surface area contributed by atoms with Crippen molar-refractivity contribution in [3.8, 4) is 11.5 Å². The SMILES string of the molecule is COc1cc(CN[C@@H](C)c2cccc(Br)c2)cc(OC)c1. The Bertz CT molecular complexity index is 579. The van der Waals surface area contributed by atoms with Gasteiger partial charge in [-0.25, -0.2) is 0 Å². The average molecular weight is 350 g/mol. The van der Waals surface area contributed by atoms with Crippen molar-refractivity contribution in [2.75, 3.05) is 14.2 Å². The zero-order valence-corrected chi connectivity index (χ0v) is 14.1. The van der Waals surface area contributed by atoms with E-state index in [4.69, 9.17) is 9.47 Å². The molecule has 2 aromatic carbocycles. The van der Waals surface area contributed by atoms with E-state index >= 15 is 0 Å². The van der Waals surface area contributed by atoms with Gasteiger partial charge in [-0.2, -0.15) is 0 Å². The minimum Gasteiger partial charge on any atom is -0.497 e. The minimum absolute atomic E-state index is 0.264. The first-order valence-corrected chi connectivity index (χ1v) is 7.62. The Hall–Kier alpha value is -1.52. The topological polar surface area (TPSA) is 30.5 Å². The number of benzene rings is 2. The fourth-order valence-corrected chi connectivity index (χ4v) is 2.55. The van der Waals surface area contributed by atoms with E-state index in [0.29, 0.717) is 0 Å². The third kappa shape index (κ3) is 4.48. The number of halogens is 1. The van der Waals surface area contributed by atoms with Crippen molar-refractivity contribution >= 4 is 15.9 Å². The molecule has 2 aromatic rings. The molecule has 0 bridgehead atoms. The van der Waals surface area contributed by atoms with E-state index in [1.807, 2.05) is 30.3 Å². The number of hydrogen-bond acceptors (Lipinski definition) is 3. The molecule has 0 aromatic heterocycles. The molecule has 21 heavy (non-hydrogen) atoms. The molecular weight excluding hydrogens is 330 g/mol. The molecule has 0 aliphatic carbocycles. The average Bonchev–Trinajstić information content (AvgIpc) is 2.52. The van der Waals surface area contributed by atoms with E-state index in [1.54, 1.807) is 14.2 Å². The summed E-state index contributed by atoms with van der Waals surface area (Å²) in [6.07, 6.45) is 0. The second-order valence-corrected chi connectivity index (χ2v) is 5.79. The summed E-state index contributed by atoms with van der Waals surface area (Å²) >= 11 is 3.50. The first kappa shape index (κ1) is 15.9. The van der Waals surface area contributed by atoms with Crippen LogP contribution in [0.25, 0.3) is 0 Å². The Morgan fingerprint density at radius 1 is 1.05 bits per heavy atom. The monoisotopic (exact) mass is 349 g/mol. The molecule has 4 heteroatoms. The van der Waals surface area contributed by atoms with E-state index < -0.39 is 0 Å². The van der Waals surface area contributed by atoms with E-state index in [2.05, 4.69) is 40.3 Å². The second-order valence-electron chi connectivity index (χ2n) is 4.88. The molecule has 0 saturated carbocycles. The lowest BCUT2D eigenvalue weighted by molar-refractivity contribution is 0.392. The van der Waals surface area contributed by atoms with Crippen molar-refractivity contribution in [1.29, 1.82) is 0 Å². The fourth-order valence-electron chi connectivity index (χ4n) is 2.13. The summed E-state index contributed by atoms with van der Waals surface area (Å²) in [5, 5.41) is 3.51. The highest BCUT2D eigenvalue weighted by molar-refractivity contribution is 9.10. The number of nitrogens with one attached hydrogen (secondary N) is 1. The highest BCUT2D eigenvalue weighted by atomic mass is 79.9. The van der Waals surface area contributed by atoms with Gasteiger partial charge in [0.15, 0.2) is 0 Å². The predicted molar refractivity (Wildman–Crippen MR) is 88.9 cm³/mol. The van der Waals surface area contributed by atoms with Gasteiger partial charge in [0, 0.05) is 23.1 Å². The highest BCUT2D eigenvalue weighted by Gasteiger charge is 2.07. The molecule has 0 aliphatic heterocycles.